The van der Waals surface area contributed by atoms with E-state index in [0.717, 1.165) is 16.7 Å². The Bertz CT molecular complexity index is 834. The van der Waals surface area contributed by atoms with Crippen LogP contribution < -0.4 is 19.9 Å². The van der Waals surface area contributed by atoms with Gasteiger partial charge in [0, 0.05) is 17.7 Å². The molecule has 0 amide bonds. The van der Waals surface area contributed by atoms with Gasteiger partial charge in [-0.1, -0.05) is 24.3 Å². The van der Waals surface area contributed by atoms with Gasteiger partial charge in [-0.25, -0.2) is 4.98 Å². The fourth-order valence-electron chi connectivity index (χ4n) is 2.53. The number of hydrogen-bond acceptors (Lipinski definition) is 6. The lowest BCUT2D eigenvalue weighted by Gasteiger charge is -2.12. The summed E-state index contributed by atoms with van der Waals surface area (Å²) in [6, 6.07) is 11.5. The quantitative estimate of drug-likeness (QED) is 0.716. The first-order valence-electron chi connectivity index (χ1n) is 7.72. The maximum absolute atomic E-state index is 5.63. The number of aromatic nitrogens is 3. The normalized spacial score (nSPS) is 10.6. The van der Waals surface area contributed by atoms with Crippen molar-refractivity contribution in [2.24, 2.45) is 5.73 Å². The summed E-state index contributed by atoms with van der Waals surface area (Å²) in [6.07, 6.45) is 0. The average molecular weight is 340 g/mol. The van der Waals surface area contributed by atoms with Crippen molar-refractivity contribution in [3.63, 3.8) is 0 Å². The zero-order chi connectivity index (χ0) is 17.8. The van der Waals surface area contributed by atoms with Gasteiger partial charge in [-0.2, -0.15) is 5.10 Å². The van der Waals surface area contributed by atoms with E-state index < -0.39 is 0 Å². The predicted molar refractivity (Wildman–Crippen MR) is 94.8 cm³/mol. The second-order valence-corrected chi connectivity index (χ2v) is 5.32. The molecule has 0 unspecified atom stereocenters. The Labute approximate surface area is 145 Å². The van der Waals surface area contributed by atoms with Crippen molar-refractivity contribution in [3.05, 3.63) is 42.0 Å². The second-order valence-electron chi connectivity index (χ2n) is 5.32. The lowest BCUT2D eigenvalue weighted by molar-refractivity contribution is 0.324. The van der Waals surface area contributed by atoms with E-state index in [1.54, 1.807) is 21.3 Å². The van der Waals surface area contributed by atoms with Gasteiger partial charge >= 0.3 is 0 Å². The van der Waals surface area contributed by atoms with Crippen molar-refractivity contribution in [2.45, 2.75) is 6.54 Å². The summed E-state index contributed by atoms with van der Waals surface area (Å²) in [5, 5.41) is 7.26. The molecule has 1 heterocycles. The molecule has 0 fully saturated rings. The monoisotopic (exact) mass is 340 g/mol. The van der Waals surface area contributed by atoms with Crippen LogP contribution in [0, 0.1) is 0 Å². The number of nitrogens with zero attached hydrogens (tertiary/aromatic N) is 2. The molecule has 3 N–H and O–H groups in total. The molecular weight excluding hydrogens is 320 g/mol. The van der Waals surface area contributed by atoms with Crippen molar-refractivity contribution in [2.75, 3.05) is 21.3 Å². The van der Waals surface area contributed by atoms with E-state index in [2.05, 4.69) is 15.2 Å². The molecule has 25 heavy (non-hydrogen) atoms. The number of rotatable bonds is 6. The van der Waals surface area contributed by atoms with Crippen molar-refractivity contribution in [1.29, 1.82) is 0 Å². The third kappa shape index (κ3) is 3.27. The summed E-state index contributed by atoms with van der Waals surface area (Å²) in [4.78, 5) is 4.56. The Balaban J connectivity index is 1.98. The van der Waals surface area contributed by atoms with Gasteiger partial charge in [-0.05, 0) is 17.7 Å². The molecule has 130 valence electrons. The van der Waals surface area contributed by atoms with E-state index in [-0.39, 0.29) is 0 Å². The number of aromatic amines is 1. The lowest BCUT2D eigenvalue weighted by atomic mass is 10.1. The highest BCUT2D eigenvalue weighted by atomic mass is 16.5. The smallest absolute Gasteiger partial charge is 0.203 e. The second kappa shape index (κ2) is 7.23. The maximum Gasteiger partial charge on any atom is 0.203 e. The number of benzene rings is 2. The molecule has 0 aliphatic heterocycles. The van der Waals surface area contributed by atoms with Crippen molar-refractivity contribution in [1.82, 2.24) is 15.2 Å². The summed E-state index contributed by atoms with van der Waals surface area (Å²) >= 11 is 0. The number of nitrogens with two attached hydrogens (primary N) is 1. The van der Waals surface area contributed by atoms with E-state index in [1.165, 1.54) is 0 Å². The highest BCUT2D eigenvalue weighted by molar-refractivity contribution is 5.68. The highest BCUT2D eigenvalue weighted by Crippen LogP contribution is 2.40. The molecule has 7 nitrogen and oxygen atoms in total. The Morgan fingerprint density at radius 2 is 1.56 bits per heavy atom. The molecule has 0 bridgehead atoms. The first-order valence-corrected chi connectivity index (χ1v) is 7.72. The number of hydrogen-bond donors (Lipinski definition) is 2. The van der Waals surface area contributed by atoms with Gasteiger partial charge in [0.25, 0.3) is 0 Å². The fraction of sp³-hybridized carbons (Fsp3) is 0.222. The zero-order valence-corrected chi connectivity index (χ0v) is 14.4. The lowest BCUT2D eigenvalue weighted by Crippen LogP contribution is -1.96. The van der Waals surface area contributed by atoms with Crippen LogP contribution in [0.2, 0.25) is 0 Å². The molecule has 2 aromatic carbocycles. The summed E-state index contributed by atoms with van der Waals surface area (Å²) in [5.74, 6) is 2.84. The molecule has 0 aliphatic rings. The summed E-state index contributed by atoms with van der Waals surface area (Å²) < 4.78 is 16.1. The van der Waals surface area contributed by atoms with Crippen molar-refractivity contribution >= 4 is 0 Å². The standard InChI is InChI=1S/C18H20N4O3/c1-23-14-8-13(9-15(24-2)16(14)25-3)18-20-17(21-22-18)12-6-4-11(10-19)5-7-12/h4-9H,10,19H2,1-3H3,(H,20,21,22). The Kier molecular flexibility index (Phi) is 4.85. The molecule has 0 saturated heterocycles. The van der Waals surface area contributed by atoms with Crippen LogP contribution in [0.5, 0.6) is 17.2 Å². The molecule has 0 aliphatic carbocycles. The van der Waals surface area contributed by atoms with E-state index in [9.17, 15) is 0 Å². The maximum atomic E-state index is 5.63. The molecule has 7 heteroatoms. The molecule has 0 atom stereocenters. The molecular formula is C18H20N4O3. The van der Waals surface area contributed by atoms with E-state index in [4.69, 9.17) is 19.9 Å². The predicted octanol–water partition coefficient (Wildman–Crippen LogP) is 2.62. The topological polar surface area (TPSA) is 95.3 Å². The van der Waals surface area contributed by atoms with Gasteiger partial charge in [0.15, 0.2) is 23.1 Å². The molecule has 3 aromatic rings. The van der Waals surface area contributed by atoms with Crippen LogP contribution in [0.4, 0.5) is 0 Å². The molecule has 0 radical (unpaired) electrons. The minimum absolute atomic E-state index is 0.507. The van der Waals surface area contributed by atoms with Crippen LogP contribution >= 0.6 is 0 Å². The summed E-state index contributed by atoms with van der Waals surface area (Å²) in [7, 11) is 4.71. The minimum Gasteiger partial charge on any atom is -0.493 e. The van der Waals surface area contributed by atoms with Crippen LogP contribution in [-0.2, 0) is 6.54 Å². The van der Waals surface area contributed by atoms with Crippen LogP contribution in [0.1, 0.15) is 5.56 Å². The molecule has 0 saturated carbocycles. The fourth-order valence-corrected chi connectivity index (χ4v) is 2.53. The minimum atomic E-state index is 0.507. The summed E-state index contributed by atoms with van der Waals surface area (Å²) in [5.41, 5.74) is 8.38. The molecule has 0 spiro atoms. The van der Waals surface area contributed by atoms with Gasteiger partial charge in [0.2, 0.25) is 5.75 Å². The van der Waals surface area contributed by atoms with Gasteiger partial charge in [-0.3, -0.25) is 5.10 Å². The van der Waals surface area contributed by atoms with Gasteiger partial charge < -0.3 is 19.9 Å². The average Bonchev–Trinajstić information content (AvgIpc) is 3.17. The Morgan fingerprint density at radius 1 is 0.920 bits per heavy atom. The number of H-pyrrole nitrogens is 1. The van der Waals surface area contributed by atoms with Crippen molar-refractivity contribution in [3.8, 4) is 40.0 Å². The van der Waals surface area contributed by atoms with E-state index in [0.29, 0.717) is 35.4 Å². The third-order valence-corrected chi connectivity index (χ3v) is 3.87. The third-order valence-electron chi connectivity index (χ3n) is 3.87. The molecule has 1 aromatic heterocycles. The van der Waals surface area contributed by atoms with Crippen LogP contribution in [0.15, 0.2) is 36.4 Å². The Morgan fingerprint density at radius 3 is 2.08 bits per heavy atom. The van der Waals surface area contributed by atoms with Crippen LogP contribution in [-0.4, -0.2) is 36.5 Å². The Hall–Kier alpha value is -3.06. The van der Waals surface area contributed by atoms with E-state index in [1.807, 2.05) is 36.4 Å². The first-order chi connectivity index (χ1) is 12.2. The van der Waals surface area contributed by atoms with Gasteiger partial charge in [0.05, 0.1) is 21.3 Å². The molecule has 3 rings (SSSR count). The van der Waals surface area contributed by atoms with Gasteiger partial charge in [0.1, 0.15) is 0 Å². The van der Waals surface area contributed by atoms with Crippen molar-refractivity contribution < 1.29 is 14.2 Å². The largest absolute Gasteiger partial charge is 0.493 e. The first kappa shape index (κ1) is 16.8. The van der Waals surface area contributed by atoms with Gasteiger partial charge in [-0.15, -0.1) is 0 Å². The summed E-state index contributed by atoms with van der Waals surface area (Å²) in [6.45, 7) is 0.507. The highest BCUT2D eigenvalue weighted by Gasteiger charge is 2.16. The number of ether oxygens (including phenoxy) is 3. The van der Waals surface area contributed by atoms with Crippen LogP contribution in [0.3, 0.4) is 0 Å². The number of methoxy groups -OCH3 is 3. The van der Waals surface area contributed by atoms with E-state index >= 15 is 0 Å². The zero-order valence-electron chi connectivity index (χ0n) is 14.4. The van der Waals surface area contributed by atoms with Crippen LogP contribution in [0.25, 0.3) is 22.8 Å². The SMILES string of the molecule is COc1cc(-c2n[nH]c(-c3ccc(CN)cc3)n2)cc(OC)c1OC. The number of nitrogens with one attached hydrogen (secondary N) is 1.